The minimum absolute atomic E-state index is 0.0179. The Morgan fingerprint density at radius 3 is 2.90 bits per heavy atom. The van der Waals surface area contributed by atoms with Crippen molar-refractivity contribution >= 4 is 22.4 Å². The van der Waals surface area contributed by atoms with Crippen molar-refractivity contribution in [3.63, 3.8) is 0 Å². The number of hydrogen-bond acceptors (Lipinski definition) is 6. The van der Waals surface area contributed by atoms with Crippen LogP contribution in [0.3, 0.4) is 0 Å². The second-order valence-corrected chi connectivity index (χ2v) is 6.77. The van der Waals surface area contributed by atoms with Crippen molar-refractivity contribution < 1.29 is 32.3 Å². The summed E-state index contributed by atoms with van der Waals surface area (Å²) in [6, 6.07) is 6.29. The highest BCUT2D eigenvalue weighted by atomic mass is 19.4. The fourth-order valence-corrected chi connectivity index (χ4v) is 3.20. The van der Waals surface area contributed by atoms with Gasteiger partial charge in [0, 0.05) is 22.7 Å². The summed E-state index contributed by atoms with van der Waals surface area (Å²) < 4.78 is 46.0. The average Bonchev–Trinajstić information content (AvgIpc) is 3.39. The van der Waals surface area contributed by atoms with E-state index in [0.29, 0.717) is 11.1 Å². The molecule has 31 heavy (non-hydrogen) atoms. The zero-order valence-electron chi connectivity index (χ0n) is 15.9. The lowest BCUT2D eigenvalue weighted by atomic mass is 10.0. The predicted molar refractivity (Wildman–Crippen MR) is 103 cm³/mol. The lowest BCUT2D eigenvalue weighted by molar-refractivity contribution is -0.335. The first-order chi connectivity index (χ1) is 14.8. The van der Waals surface area contributed by atoms with Crippen LogP contribution in [0.25, 0.3) is 16.5 Å². The van der Waals surface area contributed by atoms with E-state index in [4.69, 9.17) is 4.52 Å². The zero-order valence-corrected chi connectivity index (χ0v) is 15.9. The van der Waals surface area contributed by atoms with Gasteiger partial charge in [-0.3, -0.25) is 9.53 Å². The number of rotatable bonds is 6. The Morgan fingerprint density at radius 1 is 1.39 bits per heavy atom. The smallest absolute Gasteiger partial charge is 0.394 e. The second kappa shape index (κ2) is 8.36. The number of amides is 1. The van der Waals surface area contributed by atoms with Crippen LogP contribution < -0.4 is 5.32 Å². The molecular weight excluding hydrogens is 417 g/mol. The molecule has 2 atom stereocenters. The van der Waals surface area contributed by atoms with Crippen LogP contribution in [0.1, 0.15) is 34.5 Å². The van der Waals surface area contributed by atoms with Crippen LogP contribution in [-0.4, -0.2) is 45.2 Å². The number of carbonyl (C=O) groups is 1. The minimum Gasteiger partial charge on any atom is -0.394 e. The van der Waals surface area contributed by atoms with Gasteiger partial charge in [-0.2, -0.15) is 4.98 Å². The second-order valence-electron chi connectivity index (χ2n) is 6.77. The fraction of sp³-hybridized carbons (Fsp3) is 0.250. The standard InChI is InChI=1S/C20H17F3N4O4/c21-20(22,23)30-12-7-5-11(6-8-12)17-26-19(31-27-17)16(10-28)25-18(29)14-9-24-15-4-2-1-3-13(14)15/h1-7,9,12,16,24,28H,8,10H2,(H,25,29). The number of aromatic amines is 1. The van der Waals surface area contributed by atoms with Crippen LogP contribution in [-0.2, 0) is 4.74 Å². The maximum absolute atomic E-state index is 12.7. The molecule has 0 radical (unpaired) electrons. The molecule has 0 saturated heterocycles. The number of allylic oxidation sites excluding steroid dienone is 2. The van der Waals surface area contributed by atoms with Gasteiger partial charge in [0.05, 0.1) is 18.3 Å². The quantitative estimate of drug-likeness (QED) is 0.549. The number of aliphatic hydroxyl groups excluding tert-OH is 1. The van der Waals surface area contributed by atoms with Gasteiger partial charge in [0.1, 0.15) is 6.04 Å². The predicted octanol–water partition coefficient (Wildman–Crippen LogP) is 3.26. The molecule has 3 aromatic rings. The third-order valence-electron chi connectivity index (χ3n) is 4.67. The Bertz CT molecular complexity index is 1150. The highest BCUT2D eigenvalue weighted by Gasteiger charge is 2.33. The number of halogens is 3. The van der Waals surface area contributed by atoms with Crippen LogP contribution in [0.5, 0.6) is 0 Å². The van der Waals surface area contributed by atoms with E-state index in [1.165, 1.54) is 18.2 Å². The highest BCUT2D eigenvalue weighted by Crippen LogP contribution is 2.27. The number of aromatic nitrogens is 3. The summed E-state index contributed by atoms with van der Waals surface area (Å²) in [6.45, 7) is -0.494. The number of hydrogen-bond donors (Lipinski definition) is 3. The van der Waals surface area contributed by atoms with E-state index in [2.05, 4.69) is 25.2 Å². The fourth-order valence-electron chi connectivity index (χ4n) is 3.20. The number of H-pyrrole nitrogens is 1. The number of carbonyl (C=O) groups excluding carboxylic acids is 1. The van der Waals surface area contributed by atoms with Crippen LogP contribution in [0.15, 0.2) is 53.2 Å². The van der Waals surface area contributed by atoms with Crippen molar-refractivity contribution in [3.05, 3.63) is 66.0 Å². The van der Waals surface area contributed by atoms with Gasteiger partial charge in [-0.15, -0.1) is 13.2 Å². The van der Waals surface area contributed by atoms with E-state index < -0.39 is 31.0 Å². The molecule has 0 bridgehead atoms. The third kappa shape index (κ3) is 4.67. The Hall–Kier alpha value is -3.44. The summed E-state index contributed by atoms with van der Waals surface area (Å²) in [5.74, 6) is -0.356. The normalized spacial score (nSPS) is 17.5. The van der Waals surface area contributed by atoms with Gasteiger partial charge < -0.3 is 19.9 Å². The number of ether oxygens (including phenoxy) is 1. The van der Waals surface area contributed by atoms with Gasteiger partial charge in [0.2, 0.25) is 5.82 Å². The van der Waals surface area contributed by atoms with E-state index in [0.717, 1.165) is 10.9 Å². The number of benzene rings is 1. The van der Waals surface area contributed by atoms with Gasteiger partial charge >= 0.3 is 6.36 Å². The van der Waals surface area contributed by atoms with E-state index in [9.17, 15) is 23.1 Å². The molecule has 1 aromatic carbocycles. The maximum Gasteiger partial charge on any atom is 0.523 e. The minimum atomic E-state index is -4.73. The van der Waals surface area contributed by atoms with Crippen molar-refractivity contribution in [3.8, 4) is 0 Å². The van der Waals surface area contributed by atoms with Crippen molar-refractivity contribution in [2.45, 2.75) is 24.9 Å². The molecular formula is C20H17F3N4O4. The number of aliphatic hydroxyl groups is 1. The lowest BCUT2D eigenvalue weighted by Crippen LogP contribution is -2.31. The Morgan fingerprint density at radius 2 is 2.19 bits per heavy atom. The van der Waals surface area contributed by atoms with Crippen molar-refractivity contribution in [1.82, 2.24) is 20.4 Å². The van der Waals surface area contributed by atoms with Gasteiger partial charge in [-0.05, 0) is 12.5 Å². The average molecular weight is 434 g/mol. The molecule has 1 amide bonds. The first kappa shape index (κ1) is 20.8. The van der Waals surface area contributed by atoms with Crippen molar-refractivity contribution in [2.75, 3.05) is 6.61 Å². The van der Waals surface area contributed by atoms with Crippen LogP contribution in [0, 0.1) is 0 Å². The molecule has 0 fully saturated rings. The molecule has 0 spiro atoms. The molecule has 2 unspecified atom stereocenters. The number of alkyl halides is 3. The summed E-state index contributed by atoms with van der Waals surface area (Å²) in [7, 11) is 0. The SMILES string of the molecule is O=C(NC(CO)c1nc(C2=CCC(OC(F)(F)F)C=C2)no1)c1c[nH]c2ccccc12. The largest absolute Gasteiger partial charge is 0.523 e. The van der Waals surface area contributed by atoms with Gasteiger partial charge in [0.25, 0.3) is 11.8 Å². The first-order valence-corrected chi connectivity index (χ1v) is 9.29. The summed E-state index contributed by atoms with van der Waals surface area (Å²) in [4.78, 5) is 19.8. The summed E-state index contributed by atoms with van der Waals surface area (Å²) in [6.07, 6.45) is -0.175. The zero-order chi connectivity index (χ0) is 22.0. The summed E-state index contributed by atoms with van der Waals surface area (Å²) in [5.41, 5.74) is 1.62. The van der Waals surface area contributed by atoms with Gasteiger partial charge in [-0.1, -0.05) is 41.6 Å². The van der Waals surface area contributed by atoms with Crippen LogP contribution in [0.4, 0.5) is 13.2 Å². The molecule has 2 aromatic heterocycles. The van der Waals surface area contributed by atoms with Gasteiger partial charge in [-0.25, -0.2) is 0 Å². The maximum atomic E-state index is 12.7. The van der Waals surface area contributed by atoms with Crippen molar-refractivity contribution in [1.29, 1.82) is 0 Å². The topological polar surface area (TPSA) is 113 Å². The number of nitrogens with zero attached hydrogens (tertiary/aromatic N) is 2. The van der Waals surface area contributed by atoms with Crippen molar-refractivity contribution in [2.24, 2.45) is 0 Å². The molecule has 0 aliphatic heterocycles. The molecule has 2 heterocycles. The third-order valence-corrected chi connectivity index (χ3v) is 4.67. The van der Waals surface area contributed by atoms with Gasteiger partial charge in [0.15, 0.2) is 0 Å². The molecule has 1 aliphatic carbocycles. The van der Waals surface area contributed by atoms with E-state index in [1.807, 2.05) is 12.1 Å². The molecule has 3 N–H and O–H groups in total. The Balaban J connectivity index is 1.45. The summed E-state index contributed by atoms with van der Waals surface area (Å²) >= 11 is 0. The monoisotopic (exact) mass is 434 g/mol. The lowest BCUT2D eigenvalue weighted by Gasteiger charge is -2.17. The number of nitrogens with one attached hydrogen (secondary N) is 2. The molecule has 1 aliphatic rings. The van der Waals surface area contributed by atoms with Crippen LogP contribution >= 0.6 is 0 Å². The molecule has 8 nitrogen and oxygen atoms in total. The number of fused-ring (bicyclic) bond motifs is 1. The Labute approximate surface area is 173 Å². The van der Waals surface area contributed by atoms with E-state index in [1.54, 1.807) is 18.3 Å². The molecule has 4 rings (SSSR count). The molecule has 0 saturated carbocycles. The highest BCUT2D eigenvalue weighted by molar-refractivity contribution is 6.06. The first-order valence-electron chi connectivity index (χ1n) is 9.29. The Kier molecular flexibility index (Phi) is 5.61. The number of para-hydroxylation sites is 1. The van der Waals surface area contributed by atoms with Crippen LogP contribution in [0.2, 0.25) is 0 Å². The summed E-state index contributed by atoms with van der Waals surface area (Å²) in [5, 5.41) is 16.8. The van der Waals surface area contributed by atoms with E-state index in [-0.39, 0.29) is 18.1 Å². The molecule has 162 valence electrons. The molecule has 11 heteroatoms. The van der Waals surface area contributed by atoms with E-state index >= 15 is 0 Å².